The first kappa shape index (κ1) is 15.5. The third-order valence-corrected chi connectivity index (χ3v) is 4.24. The van der Waals surface area contributed by atoms with Crippen molar-refractivity contribution in [3.63, 3.8) is 0 Å². The predicted octanol–water partition coefficient (Wildman–Crippen LogP) is 2.54. The highest BCUT2D eigenvalue weighted by Gasteiger charge is 2.28. The number of aromatic amines is 1. The van der Waals surface area contributed by atoms with Gasteiger partial charge >= 0.3 is 0 Å². The molecule has 122 valence electrons. The molecule has 1 atom stereocenters. The number of para-hydroxylation sites is 2. The van der Waals surface area contributed by atoms with Crippen LogP contribution in [0.25, 0.3) is 11.0 Å². The second-order valence-corrected chi connectivity index (χ2v) is 6.02. The van der Waals surface area contributed by atoms with Gasteiger partial charge < -0.3 is 9.88 Å². The van der Waals surface area contributed by atoms with Crippen LogP contribution in [0.1, 0.15) is 32.6 Å². The van der Waals surface area contributed by atoms with Crippen molar-refractivity contribution in [2.24, 2.45) is 5.92 Å². The van der Waals surface area contributed by atoms with E-state index >= 15 is 0 Å². The fourth-order valence-electron chi connectivity index (χ4n) is 3.02. The number of carbonyl (C=O) groups is 2. The van der Waals surface area contributed by atoms with E-state index in [9.17, 15) is 9.59 Å². The number of amides is 2. The highest BCUT2D eigenvalue weighted by Crippen LogP contribution is 2.20. The van der Waals surface area contributed by atoms with Gasteiger partial charge in [-0.05, 0) is 31.4 Å². The molecule has 1 aromatic heterocycles. The lowest BCUT2D eigenvalue weighted by Crippen LogP contribution is -2.43. The van der Waals surface area contributed by atoms with E-state index in [1.54, 1.807) is 0 Å². The maximum absolute atomic E-state index is 12.5. The number of nitrogens with zero attached hydrogens (tertiary/aromatic N) is 2. The number of anilines is 1. The molecule has 1 fully saturated rings. The number of H-pyrrole nitrogens is 1. The minimum atomic E-state index is -0.169. The predicted molar refractivity (Wildman–Crippen MR) is 88.9 cm³/mol. The number of aromatic nitrogens is 2. The average Bonchev–Trinajstić information content (AvgIpc) is 2.97. The Kier molecular flexibility index (Phi) is 4.60. The van der Waals surface area contributed by atoms with Gasteiger partial charge in [-0.15, -0.1) is 0 Å². The summed E-state index contributed by atoms with van der Waals surface area (Å²) in [5.41, 5.74) is 1.72. The van der Waals surface area contributed by atoms with E-state index in [1.165, 1.54) is 0 Å². The molecule has 0 radical (unpaired) electrons. The van der Waals surface area contributed by atoms with Gasteiger partial charge in [-0.3, -0.25) is 14.9 Å². The Balaban J connectivity index is 1.64. The number of fused-ring (bicyclic) bond motifs is 1. The number of likely N-dealkylation sites (tertiary alicyclic amines) is 1. The van der Waals surface area contributed by atoms with Crippen molar-refractivity contribution in [2.75, 3.05) is 18.4 Å². The van der Waals surface area contributed by atoms with Crippen LogP contribution in [0.3, 0.4) is 0 Å². The van der Waals surface area contributed by atoms with E-state index in [1.807, 2.05) is 36.1 Å². The van der Waals surface area contributed by atoms with E-state index < -0.39 is 0 Å². The van der Waals surface area contributed by atoms with Crippen molar-refractivity contribution in [1.82, 2.24) is 14.9 Å². The summed E-state index contributed by atoms with van der Waals surface area (Å²) in [7, 11) is 0. The van der Waals surface area contributed by atoms with Gasteiger partial charge in [0.1, 0.15) is 0 Å². The molecule has 0 aliphatic carbocycles. The summed E-state index contributed by atoms with van der Waals surface area (Å²) in [5.74, 6) is 0.373. The second kappa shape index (κ2) is 6.81. The van der Waals surface area contributed by atoms with Gasteiger partial charge in [0.05, 0.1) is 17.0 Å². The second-order valence-electron chi connectivity index (χ2n) is 6.02. The average molecular weight is 314 g/mol. The standard InChI is InChI=1S/C17H22N4O2/c1-2-6-15(22)21-10-5-7-12(11-21)16(23)20-17-18-13-8-3-4-9-14(13)19-17/h3-4,8-9,12H,2,5-7,10-11H2,1H3,(H2,18,19,20,23). The van der Waals surface area contributed by atoms with Crippen molar-refractivity contribution in [3.05, 3.63) is 24.3 Å². The lowest BCUT2D eigenvalue weighted by molar-refractivity contribution is -0.134. The van der Waals surface area contributed by atoms with Crippen molar-refractivity contribution in [1.29, 1.82) is 0 Å². The summed E-state index contributed by atoms with van der Waals surface area (Å²) in [5, 5.41) is 2.85. The van der Waals surface area contributed by atoms with Gasteiger partial charge in [-0.25, -0.2) is 4.98 Å². The smallest absolute Gasteiger partial charge is 0.231 e. The minimum absolute atomic E-state index is 0.0712. The number of imidazole rings is 1. The molecule has 0 spiro atoms. The first-order chi connectivity index (χ1) is 11.2. The minimum Gasteiger partial charge on any atom is -0.342 e. The Morgan fingerprint density at radius 3 is 3.00 bits per heavy atom. The number of rotatable bonds is 4. The summed E-state index contributed by atoms with van der Waals surface area (Å²) in [4.78, 5) is 33.8. The van der Waals surface area contributed by atoms with Crippen LogP contribution in [0.5, 0.6) is 0 Å². The molecule has 1 aliphatic heterocycles. The van der Waals surface area contributed by atoms with Crippen LogP contribution in [0, 0.1) is 5.92 Å². The molecular formula is C17H22N4O2. The Morgan fingerprint density at radius 2 is 2.22 bits per heavy atom. The summed E-state index contributed by atoms with van der Waals surface area (Å²) in [6, 6.07) is 7.65. The maximum Gasteiger partial charge on any atom is 0.231 e. The third kappa shape index (κ3) is 3.52. The van der Waals surface area contributed by atoms with Crippen LogP contribution in [0.4, 0.5) is 5.95 Å². The molecule has 2 amide bonds. The fraction of sp³-hybridized carbons (Fsp3) is 0.471. The molecule has 1 unspecified atom stereocenters. The molecule has 2 N–H and O–H groups in total. The molecule has 6 nitrogen and oxygen atoms in total. The van der Waals surface area contributed by atoms with Crippen molar-refractivity contribution >= 4 is 28.8 Å². The largest absolute Gasteiger partial charge is 0.342 e. The normalized spacial score (nSPS) is 18.1. The number of hydrogen-bond acceptors (Lipinski definition) is 3. The van der Waals surface area contributed by atoms with Gasteiger partial charge in [-0.1, -0.05) is 19.1 Å². The molecule has 0 saturated carbocycles. The van der Waals surface area contributed by atoms with E-state index in [0.717, 1.165) is 36.8 Å². The van der Waals surface area contributed by atoms with Gasteiger partial charge in [-0.2, -0.15) is 0 Å². The van der Waals surface area contributed by atoms with E-state index in [4.69, 9.17) is 0 Å². The number of hydrogen-bond donors (Lipinski definition) is 2. The topological polar surface area (TPSA) is 78.1 Å². The van der Waals surface area contributed by atoms with Crippen LogP contribution >= 0.6 is 0 Å². The van der Waals surface area contributed by atoms with Crippen LogP contribution in [0.2, 0.25) is 0 Å². The zero-order valence-electron chi connectivity index (χ0n) is 13.3. The molecule has 3 rings (SSSR count). The maximum atomic E-state index is 12.5. The highest BCUT2D eigenvalue weighted by molar-refractivity contribution is 5.93. The third-order valence-electron chi connectivity index (χ3n) is 4.24. The van der Waals surface area contributed by atoms with Crippen LogP contribution in [0.15, 0.2) is 24.3 Å². The van der Waals surface area contributed by atoms with Crippen molar-refractivity contribution in [2.45, 2.75) is 32.6 Å². The molecular weight excluding hydrogens is 292 g/mol. The quantitative estimate of drug-likeness (QED) is 0.910. The molecule has 0 bridgehead atoms. The summed E-state index contributed by atoms with van der Waals surface area (Å²) >= 11 is 0. The number of piperidine rings is 1. The zero-order chi connectivity index (χ0) is 16.2. The summed E-state index contributed by atoms with van der Waals surface area (Å²) in [6.07, 6.45) is 3.07. The monoisotopic (exact) mass is 314 g/mol. The molecule has 6 heteroatoms. The molecule has 1 aliphatic rings. The van der Waals surface area contributed by atoms with Gasteiger partial charge in [0.15, 0.2) is 0 Å². The lowest BCUT2D eigenvalue weighted by atomic mass is 9.97. The Bertz CT molecular complexity index is 676. The molecule has 2 heterocycles. The zero-order valence-corrected chi connectivity index (χ0v) is 13.3. The lowest BCUT2D eigenvalue weighted by Gasteiger charge is -2.31. The number of benzene rings is 1. The summed E-state index contributed by atoms with van der Waals surface area (Å²) < 4.78 is 0. The fourth-order valence-corrected chi connectivity index (χ4v) is 3.02. The Labute approximate surface area is 135 Å². The summed E-state index contributed by atoms with van der Waals surface area (Å²) in [6.45, 7) is 3.26. The Morgan fingerprint density at radius 1 is 1.39 bits per heavy atom. The number of carbonyl (C=O) groups excluding carboxylic acids is 2. The van der Waals surface area contributed by atoms with E-state index in [-0.39, 0.29) is 17.7 Å². The van der Waals surface area contributed by atoms with Crippen LogP contribution < -0.4 is 5.32 Å². The first-order valence-electron chi connectivity index (χ1n) is 8.20. The van der Waals surface area contributed by atoms with Gasteiger partial charge in [0, 0.05) is 19.5 Å². The molecule has 1 saturated heterocycles. The van der Waals surface area contributed by atoms with Crippen molar-refractivity contribution < 1.29 is 9.59 Å². The number of nitrogens with one attached hydrogen (secondary N) is 2. The molecule has 2 aromatic rings. The van der Waals surface area contributed by atoms with E-state index in [2.05, 4.69) is 15.3 Å². The van der Waals surface area contributed by atoms with Crippen LogP contribution in [-0.4, -0.2) is 39.8 Å². The van der Waals surface area contributed by atoms with Gasteiger partial charge in [0.2, 0.25) is 17.8 Å². The van der Waals surface area contributed by atoms with Gasteiger partial charge in [0.25, 0.3) is 0 Å². The van der Waals surface area contributed by atoms with Crippen molar-refractivity contribution in [3.8, 4) is 0 Å². The molecule has 23 heavy (non-hydrogen) atoms. The first-order valence-corrected chi connectivity index (χ1v) is 8.20. The molecule has 1 aromatic carbocycles. The highest BCUT2D eigenvalue weighted by atomic mass is 16.2. The SMILES string of the molecule is CCCC(=O)N1CCCC(C(=O)Nc2nc3ccccc3[nH]2)C1. The van der Waals surface area contributed by atoms with Crippen LogP contribution in [-0.2, 0) is 9.59 Å². The van der Waals surface area contributed by atoms with E-state index in [0.29, 0.717) is 18.9 Å². The Hall–Kier alpha value is -2.37.